The molecule has 0 spiro atoms. The molecule has 2 heterocycles. The van der Waals surface area contributed by atoms with E-state index in [1.807, 2.05) is 0 Å². The lowest BCUT2D eigenvalue weighted by Crippen LogP contribution is -2.27. The topological polar surface area (TPSA) is 16.3 Å². The van der Waals surface area contributed by atoms with Gasteiger partial charge in [0.25, 0.3) is 0 Å². The van der Waals surface area contributed by atoms with Crippen molar-refractivity contribution in [3.63, 3.8) is 0 Å². The highest BCUT2D eigenvalue weighted by Gasteiger charge is 2.31. The highest BCUT2D eigenvalue weighted by Crippen LogP contribution is 2.52. The van der Waals surface area contributed by atoms with Gasteiger partial charge in [0.05, 0.1) is 27.8 Å². The maximum Gasteiger partial charge on any atom is 0.0542 e. The first-order chi connectivity index (χ1) is 46.7. The first-order valence-electron chi connectivity index (χ1n) is 32.7. The van der Waals surface area contributed by atoms with Crippen molar-refractivity contribution >= 4 is 126 Å². The van der Waals surface area contributed by atoms with Crippen LogP contribution in [0, 0.1) is 11.8 Å². The third-order valence-corrected chi connectivity index (χ3v) is 20.0. The van der Waals surface area contributed by atoms with Crippen LogP contribution >= 0.6 is 0 Å². The summed E-state index contributed by atoms with van der Waals surface area (Å²) in [5, 5.41) is 16.7. The fourth-order valence-corrected chi connectivity index (χ4v) is 15.9. The van der Waals surface area contributed by atoms with Crippen LogP contribution in [0.1, 0.15) is 0 Å². The quantitative estimate of drug-likeness (QED) is 0.127. The van der Waals surface area contributed by atoms with Gasteiger partial charge in [0, 0.05) is 78.6 Å². The Morgan fingerprint density at radius 1 is 0.255 bits per heavy atom. The van der Waals surface area contributed by atoms with Crippen LogP contribution in [-0.4, -0.2) is 9.13 Å². The van der Waals surface area contributed by atoms with E-state index in [1.54, 1.807) is 0 Å². The molecule has 2 aromatic heterocycles. The molecule has 19 rings (SSSR count). The molecule has 2 atom stereocenters. The number of hydrogen-bond acceptors (Lipinski definition) is 2. The molecule has 17 aromatic rings. The van der Waals surface area contributed by atoms with E-state index in [-0.39, 0.29) is 11.8 Å². The third kappa shape index (κ3) is 8.47. The summed E-state index contributed by atoms with van der Waals surface area (Å²) in [6.45, 7) is 0. The molecule has 94 heavy (non-hydrogen) atoms. The molecule has 4 heteroatoms. The molecule has 0 bridgehead atoms. The fourth-order valence-electron chi connectivity index (χ4n) is 15.9. The number of anilines is 5. The van der Waals surface area contributed by atoms with Gasteiger partial charge in [0.1, 0.15) is 0 Å². The van der Waals surface area contributed by atoms with Gasteiger partial charge in [-0.3, -0.25) is 0 Å². The van der Waals surface area contributed by atoms with Gasteiger partial charge in [0.2, 0.25) is 0 Å². The van der Waals surface area contributed by atoms with Crippen LogP contribution in [-0.2, 0) is 0 Å². The molecule has 0 saturated heterocycles. The molecule has 0 fully saturated rings. The van der Waals surface area contributed by atoms with Gasteiger partial charge >= 0.3 is 0 Å². The van der Waals surface area contributed by atoms with Crippen molar-refractivity contribution in [3.05, 3.63) is 358 Å². The Balaban J connectivity index is 0.911. The highest BCUT2D eigenvalue weighted by atomic mass is 15.2. The summed E-state index contributed by atoms with van der Waals surface area (Å²) in [5.41, 5.74) is 18.4. The van der Waals surface area contributed by atoms with Crippen LogP contribution in [0.4, 0.5) is 28.4 Å². The Labute approximate surface area is 544 Å². The Hall–Kier alpha value is -12.2. The van der Waals surface area contributed by atoms with Crippen LogP contribution in [0.25, 0.3) is 131 Å². The van der Waals surface area contributed by atoms with Crippen LogP contribution in [0.2, 0.25) is 0 Å². The van der Waals surface area contributed by atoms with E-state index >= 15 is 0 Å². The molecule has 15 aromatic carbocycles. The van der Waals surface area contributed by atoms with Crippen molar-refractivity contribution < 1.29 is 0 Å². The average molecular weight is 1200 g/mol. The number of benzene rings is 15. The SMILES string of the molecule is C1=CC2C=CC=C(N(c3ccc4c(-c5cccc6ccccc56)c5cc(N(c6ccc7c(c6)c6ccccc6n7-c6ccccc6)c6cccc7ccccc67)ccc5c(-c5cccc6ccccc56)c4c3)c3ccc4c(c3)c3ccccc3n4-c3ccccc3)C2C=C1. The number of hydrogen-bond donors (Lipinski definition) is 0. The molecule has 0 amide bonds. The van der Waals surface area contributed by atoms with Gasteiger partial charge in [-0.25, -0.2) is 0 Å². The number of rotatable bonds is 10. The predicted octanol–water partition coefficient (Wildman–Crippen LogP) is 24.4. The largest absolute Gasteiger partial charge is 0.314 e. The lowest BCUT2D eigenvalue weighted by Gasteiger charge is -2.36. The maximum absolute atomic E-state index is 2.56. The van der Waals surface area contributed by atoms with E-state index < -0.39 is 0 Å². The normalized spacial score (nSPS) is 14.5. The minimum absolute atomic E-state index is 0.110. The summed E-state index contributed by atoms with van der Waals surface area (Å²) in [7, 11) is 0. The van der Waals surface area contributed by atoms with Gasteiger partial charge in [-0.1, -0.05) is 243 Å². The van der Waals surface area contributed by atoms with Crippen molar-refractivity contribution in [2.24, 2.45) is 11.8 Å². The van der Waals surface area contributed by atoms with Crippen molar-refractivity contribution in [1.82, 2.24) is 9.13 Å². The maximum atomic E-state index is 2.56. The van der Waals surface area contributed by atoms with E-state index in [4.69, 9.17) is 0 Å². The second-order valence-corrected chi connectivity index (χ2v) is 25.1. The lowest BCUT2D eigenvalue weighted by atomic mass is 9.81. The van der Waals surface area contributed by atoms with E-state index in [0.717, 1.165) is 45.3 Å². The molecule has 0 N–H and O–H groups in total. The monoisotopic (exact) mass is 1200 g/mol. The third-order valence-electron chi connectivity index (χ3n) is 20.0. The minimum atomic E-state index is 0.110. The van der Waals surface area contributed by atoms with E-state index in [0.29, 0.717) is 0 Å². The molecular formula is C90H60N4. The standard InChI is InChI=1S/C90H60N4/c1-3-31-63(32-4-1)93-85-43-17-15-39-73(85)79-55-67(49-53-87(79)93)91(83-45-21-29-61-25-9-13-37-71(61)83)65-47-51-77-81(57-65)89(75-41-19-27-59-23-7-11-35-69(59)75)78-52-48-66(58-82(78)90(77)76-42-20-28-60-24-8-12-36-70(60)76)92(84-46-22-30-62-26-10-14-38-72(62)84)68-50-54-88-80(56-68)74-40-16-18-44-86(74)94(88)64-33-5-2-6-34-64/h1-58,61,71H. The zero-order chi connectivity index (χ0) is 61.8. The second kappa shape index (κ2) is 21.7. The predicted molar refractivity (Wildman–Crippen MR) is 399 cm³/mol. The molecule has 440 valence electrons. The van der Waals surface area contributed by atoms with E-state index in [2.05, 4.69) is 371 Å². The molecule has 0 aliphatic heterocycles. The van der Waals surface area contributed by atoms with E-state index in [9.17, 15) is 0 Å². The minimum Gasteiger partial charge on any atom is -0.314 e. The van der Waals surface area contributed by atoms with Crippen molar-refractivity contribution in [3.8, 4) is 33.6 Å². The second-order valence-electron chi connectivity index (χ2n) is 25.1. The molecule has 2 aliphatic carbocycles. The molecule has 2 aliphatic rings. The molecular weight excluding hydrogens is 1140 g/mol. The van der Waals surface area contributed by atoms with Crippen molar-refractivity contribution in [1.29, 1.82) is 0 Å². The van der Waals surface area contributed by atoms with Gasteiger partial charge in [-0.2, -0.15) is 0 Å². The van der Waals surface area contributed by atoms with Crippen LogP contribution in [0.3, 0.4) is 0 Å². The number of para-hydroxylation sites is 4. The van der Waals surface area contributed by atoms with Crippen molar-refractivity contribution in [2.45, 2.75) is 0 Å². The lowest BCUT2D eigenvalue weighted by molar-refractivity contribution is 0.612. The Morgan fingerprint density at radius 3 is 1.19 bits per heavy atom. The Kier molecular flexibility index (Phi) is 12.4. The smallest absolute Gasteiger partial charge is 0.0542 e. The van der Waals surface area contributed by atoms with Gasteiger partial charge < -0.3 is 18.9 Å². The fraction of sp³-hybridized carbons (Fsp3) is 0.0222. The van der Waals surface area contributed by atoms with Gasteiger partial charge in [0.15, 0.2) is 0 Å². The summed E-state index contributed by atoms with van der Waals surface area (Å²) in [4.78, 5) is 5.07. The summed E-state index contributed by atoms with van der Waals surface area (Å²) in [6, 6.07) is 115. The first-order valence-corrected chi connectivity index (χ1v) is 32.7. The zero-order valence-electron chi connectivity index (χ0n) is 51.4. The number of aromatic nitrogens is 2. The Bertz CT molecular complexity index is 6060. The summed E-state index contributed by atoms with van der Waals surface area (Å²) < 4.78 is 4.82. The summed E-state index contributed by atoms with van der Waals surface area (Å²) >= 11 is 0. The first kappa shape index (κ1) is 53.6. The van der Waals surface area contributed by atoms with Crippen LogP contribution in [0.5, 0.6) is 0 Å². The Morgan fingerprint density at radius 2 is 0.649 bits per heavy atom. The van der Waals surface area contributed by atoms with Crippen molar-refractivity contribution in [2.75, 3.05) is 9.80 Å². The summed E-state index contributed by atoms with van der Waals surface area (Å²) in [6.07, 6.45) is 16.1. The number of allylic oxidation sites excluding steroid dienone is 7. The van der Waals surface area contributed by atoms with E-state index in [1.165, 1.54) is 120 Å². The molecule has 2 unspecified atom stereocenters. The van der Waals surface area contributed by atoms with Gasteiger partial charge in [-0.15, -0.1) is 0 Å². The highest BCUT2D eigenvalue weighted by molar-refractivity contribution is 6.27. The molecule has 4 nitrogen and oxygen atoms in total. The number of fused-ring (bicyclic) bond motifs is 12. The van der Waals surface area contributed by atoms with Crippen LogP contribution < -0.4 is 9.80 Å². The number of nitrogens with zero attached hydrogens (tertiary/aromatic N) is 4. The molecule has 0 radical (unpaired) electrons. The summed E-state index contributed by atoms with van der Waals surface area (Å²) in [5.74, 6) is 0.322. The van der Waals surface area contributed by atoms with Crippen LogP contribution in [0.15, 0.2) is 358 Å². The zero-order valence-corrected chi connectivity index (χ0v) is 51.4. The molecule has 0 saturated carbocycles. The average Bonchev–Trinajstić information content (AvgIpc) is 1.18. The van der Waals surface area contributed by atoms with Gasteiger partial charge in [-0.05, 0) is 180 Å².